The minimum Gasteiger partial charge on any atom is -0.481 e. The van der Waals surface area contributed by atoms with Crippen LogP contribution in [0.4, 0.5) is 11.6 Å². The van der Waals surface area contributed by atoms with Gasteiger partial charge < -0.3 is 29.2 Å². The Hall–Kier alpha value is -4.58. The van der Waals surface area contributed by atoms with E-state index in [0.29, 0.717) is 72.5 Å². The maximum atomic E-state index is 13.3. The van der Waals surface area contributed by atoms with E-state index in [1.54, 1.807) is 42.3 Å². The van der Waals surface area contributed by atoms with Crippen molar-refractivity contribution in [1.29, 1.82) is 0 Å². The number of rotatable bonds is 10. The molecule has 1 aliphatic rings. The number of carboxylic acid groups (broad SMARTS) is 1. The maximum absolute atomic E-state index is 13.3. The van der Waals surface area contributed by atoms with Crippen molar-refractivity contribution in [3.8, 4) is 11.1 Å². The van der Waals surface area contributed by atoms with Crippen LogP contribution in [0.2, 0.25) is 0 Å². The summed E-state index contributed by atoms with van der Waals surface area (Å²) in [5.41, 5.74) is 3.11. The van der Waals surface area contributed by atoms with Crippen molar-refractivity contribution in [2.24, 2.45) is 0 Å². The Kier molecular flexibility index (Phi) is 9.69. The second-order valence-corrected chi connectivity index (χ2v) is 11.1. The highest BCUT2D eigenvalue weighted by Gasteiger charge is 2.38. The van der Waals surface area contributed by atoms with Gasteiger partial charge in [-0.25, -0.2) is 9.28 Å². The van der Waals surface area contributed by atoms with E-state index >= 15 is 0 Å². The quantitative estimate of drug-likeness (QED) is 0.141. The number of carbonyl (C=O) groups is 2. The topological polar surface area (TPSA) is 118 Å². The van der Waals surface area contributed by atoms with Crippen LogP contribution in [0.5, 0.6) is 0 Å². The summed E-state index contributed by atoms with van der Waals surface area (Å²) in [7, 11) is 1.79. The van der Waals surface area contributed by atoms with E-state index in [1.807, 2.05) is 42.5 Å². The van der Waals surface area contributed by atoms with Gasteiger partial charge in [0.05, 0.1) is 30.2 Å². The van der Waals surface area contributed by atoms with Crippen LogP contribution in [0.15, 0.2) is 88.1 Å². The SMILES string of the molecule is CN(CCCC(=O)O)C(=S)Nc1ccc(C(=O)OC[N+]2(c3cc(=O)c4cccc(-c5ccccc5)c4o3)CCOCC2)cc1. The summed E-state index contributed by atoms with van der Waals surface area (Å²) in [5, 5.41) is 12.8. The van der Waals surface area contributed by atoms with Gasteiger partial charge in [0.25, 0.3) is 0 Å². The van der Waals surface area contributed by atoms with Crippen molar-refractivity contribution in [1.82, 2.24) is 9.38 Å². The van der Waals surface area contributed by atoms with Crippen LogP contribution in [-0.4, -0.2) is 73.7 Å². The minimum absolute atomic E-state index is 0.0324. The van der Waals surface area contributed by atoms with Crippen LogP contribution in [0, 0.1) is 0 Å². The number of carbonyl (C=O) groups excluding carboxylic acids is 1. The van der Waals surface area contributed by atoms with Crippen molar-refractivity contribution >= 4 is 51.8 Å². The fourth-order valence-electron chi connectivity index (χ4n) is 5.09. The van der Waals surface area contributed by atoms with Crippen molar-refractivity contribution in [2.45, 2.75) is 12.8 Å². The zero-order valence-corrected chi connectivity index (χ0v) is 25.2. The molecule has 1 fully saturated rings. The molecule has 0 radical (unpaired) electrons. The molecule has 2 heterocycles. The average Bonchev–Trinajstić information content (AvgIpc) is 3.04. The fraction of sp³-hybridized carbons (Fsp3) is 0.273. The molecule has 0 aliphatic carbocycles. The lowest BCUT2D eigenvalue weighted by molar-refractivity contribution is -0.137. The predicted molar refractivity (Wildman–Crippen MR) is 173 cm³/mol. The first-order chi connectivity index (χ1) is 21.3. The molecule has 228 valence electrons. The molecule has 0 unspecified atom stereocenters. The highest BCUT2D eigenvalue weighted by Crippen LogP contribution is 2.33. The van der Waals surface area contributed by atoms with Crippen LogP contribution >= 0.6 is 12.2 Å². The molecule has 0 saturated carbocycles. The Bertz CT molecular complexity index is 1700. The van der Waals surface area contributed by atoms with E-state index in [-0.39, 0.29) is 23.1 Å². The molecule has 0 amide bonds. The molecular formula is C33H34N3O7S+. The number of hydrogen-bond acceptors (Lipinski definition) is 7. The molecule has 1 aromatic heterocycles. The molecule has 0 atom stereocenters. The predicted octanol–water partition coefficient (Wildman–Crippen LogP) is 5.11. The number of carboxylic acids is 1. The van der Waals surface area contributed by atoms with Crippen LogP contribution in [0.3, 0.4) is 0 Å². The summed E-state index contributed by atoms with van der Waals surface area (Å²) in [6.45, 7) is 2.24. The van der Waals surface area contributed by atoms with Gasteiger partial charge in [0.2, 0.25) is 6.73 Å². The number of quaternary nitrogens is 1. The van der Waals surface area contributed by atoms with Gasteiger partial charge in [0, 0.05) is 31.3 Å². The molecule has 5 rings (SSSR count). The number of thiocarbonyl (C=S) groups is 1. The Morgan fingerprint density at radius 3 is 2.45 bits per heavy atom. The van der Waals surface area contributed by atoms with Crippen LogP contribution in [0.1, 0.15) is 23.2 Å². The highest BCUT2D eigenvalue weighted by atomic mass is 32.1. The van der Waals surface area contributed by atoms with Gasteiger partial charge in [-0.1, -0.05) is 42.5 Å². The molecule has 0 spiro atoms. The second-order valence-electron chi connectivity index (χ2n) is 10.7. The van der Waals surface area contributed by atoms with Crippen molar-refractivity contribution < 1.29 is 28.6 Å². The third-order valence-electron chi connectivity index (χ3n) is 7.67. The molecule has 44 heavy (non-hydrogen) atoms. The summed E-state index contributed by atoms with van der Waals surface area (Å²) in [6.07, 6.45) is 0.542. The third-order valence-corrected chi connectivity index (χ3v) is 8.08. The van der Waals surface area contributed by atoms with Gasteiger partial charge in [-0.05, 0) is 54.5 Å². The normalized spacial score (nSPS) is 14.1. The number of nitrogens with zero attached hydrogens (tertiary/aromatic N) is 2. The maximum Gasteiger partial charge on any atom is 0.342 e. The molecule has 1 saturated heterocycles. The number of hydrogen-bond donors (Lipinski definition) is 2. The highest BCUT2D eigenvalue weighted by molar-refractivity contribution is 7.80. The monoisotopic (exact) mass is 616 g/mol. The van der Waals surface area contributed by atoms with Crippen LogP contribution < -0.4 is 15.2 Å². The number of benzene rings is 3. The first kappa shape index (κ1) is 30.9. The van der Waals surface area contributed by atoms with Gasteiger partial charge in [-0.3, -0.25) is 9.59 Å². The minimum atomic E-state index is -0.847. The summed E-state index contributed by atoms with van der Waals surface area (Å²) < 4.78 is 18.1. The van der Waals surface area contributed by atoms with Crippen LogP contribution in [0.25, 0.3) is 22.1 Å². The number of fused-ring (bicyclic) bond motifs is 1. The largest absolute Gasteiger partial charge is 0.481 e. The number of nitrogens with one attached hydrogen (secondary N) is 1. The Labute approximate surface area is 260 Å². The molecular weight excluding hydrogens is 582 g/mol. The first-order valence-electron chi connectivity index (χ1n) is 14.3. The van der Waals surface area contributed by atoms with E-state index < -0.39 is 11.9 Å². The molecule has 2 N–H and O–H groups in total. The number of aliphatic carboxylic acids is 1. The lowest BCUT2D eigenvalue weighted by Crippen LogP contribution is -2.58. The van der Waals surface area contributed by atoms with E-state index in [2.05, 4.69) is 5.32 Å². The van der Waals surface area contributed by atoms with Crippen molar-refractivity contribution in [3.63, 3.8) is 0 Å². The first-order valence-corrected chi connectivity index (χ1v) is 14.7. The van der Waals surface area contributed by atoms with Crippen molar-refractivity contribution in [2.75, 3.05) is 51.9 Å². The van der Waals surface area contributed by atoms with Crippen molar-refractivity contribution in [3.05, 3.63) is 94.6 Å². The summed E-state index contributed by atoms with van der Waals surface area (Å²) in [4.78, 5) is 39.0. The Balaban J connectivity index is 1.32. The summed E-state index contributed by atoms with van der Waals surface area (Å²) in [6, 6.07) is 23.5. The fourth-order valence-corrected chi connectivity index (χ4v) is 5.30. The van der Waals surface area contributed by atoms with Crippen LogP contribution in [-0.2, 0) is 14.3 Å². The molecule has 11 heteroatoms. The standard InChI is InChI=1S/C33H33N3O7S/c1-35(16-6-11-30(38)39)33(44)34-25-14-12-24(13-15-25)32(40)42-22-36(17-19-41-20-18-36)29-21-28(37)27-10-5-9-26(31(27)43-29)23-7-3-2-4-8-23/h2-5,7-10,12-15,21H,6,11,16-20,22H2,1H3,(H-,34,38,39,40,44)/p+1. The summed E-state index contributed by atoms with van der Waals surface area (Å²) >= 11 is 5.40. The zero-order valence-electron chi connectivity index (χ0n) is 24.4. The second kappa shape index (κ2) is 13.8. The van der Waals surface area contributed by atoms with Gasteiger partial charge in [0.1, 0.15) is 13.1 Å². The lowest BCUT2D eigenvalue weighted by Gasteiger charge is -2.37. The number of anilines is 1. The molecule has 3 aromatic carbocycles. The molecule has 1 aliphatic heterocycles. The van der Waals surface area contributed by atoms with Gasteiger partial charge in [-0.15, -0.1) is 0 Å². The Morgan fingerprint density at radius 1 is 1.02 bits per heavy atom. The van der Waals surface area contributed by atoms with Gasteiger partial charge >= 0.3 is 17.8 Å². The lowest BCUT2D eigenvalue weighted by atomic mass is 10.0. The molecule has 10 nitrogen and oxygen atoms in total. The number of morpholine rings is 1. The third kappa shape index (κ3) is 7.13. The number of esters is 1. The Morgan fingerprint density at radius 2 is 1.75 bits per heavy atom. The molecule has 0 bridgehead atoms. The van der Waals surface area contributed by atoms with E-state index in [9.17, 15) is 14.4 Å². The zero-order chi connectivity index (χ0) is 31.1. The smallest absolute Gasteiger partial charge is 0.342 e. The summed E-state index contributed by atoms with van der Waals surface area (Å²) in [5.74, 6) is -0.940. The van der Waals surface area contributed by atoms with E-state index in [4.69, 9.17) is 31.2 Å². The van der Waals surface area contributed by atoms with E-state index in [1.165, 1.54) is 6.07 Å². The number of ether oxygens (including phenoxy) is 2. The molecule has 4 aromatic rings. The average molecular weight is 617 g/mol. The van der Waals surface area contributed by atoms with E-state index in [0.717, 1.165) is 11.1 Å². The number of para-hydroxylation sites is 1. The van der Waals surface area contributed by atoms with Gasteiger partial charge in [0.15, 0.2) is 16.1 Å². The van der Waals surface area contributed by atoms with Gasteiger partial charge in [-0.2, -0.15) is 0 Å².